The second kappa shape index (κ2) is 4.97. The van der Waals surface area contributed by atoms with Gasteiger partial charge in [-0.2, -0.15) is 5.10 Å². The molecule has 112 valence electrons. The van der Waals surface area contributed by atoms with Crippen LogP contribution in [0.25, 0.3) is 0 Å². The molecule has 4 rings (SSSR count). The van der Waals surface area contributed by atoms with Crippen molar-refractivity contribution in [2.24, 2.45) is 11.8 Å². The van der Waals surface area contributed by atoms with Gasteiger partial charge in [-0.1, -0.05) is 6.42 Å². The molecule has 0 unspecified atom stereocenters. The largest absolute Gasteiger partial charge is 0.341 e. The van der Waals surface area contributed by atoms with Gasteiger partial charge >= 0.3 is 0 Å². The van der Waals surface area contributed by atoms with Crippen LogP contribution in [0.2, 0.25) is 0 Å². The highest BCUT2D eigenvalue weighted by Gasteiger charge is 2.38. The molecule has 0 bridgehead atoms. The lowest BCUT2D eigenvalue weighted by atomic mass is 10.0. The Labute approximate surface area is 123 Å². The molecule has 2 atom stereocenters. The van der Waals surface area contributed by atoms with Gasteiger partial charge in [0.05, 0.1) is 5.69 Å². The molecule has 0 radical (unpaired) electrons. The minimum atomic E-state index is -0.174. The number of hydrogen-bond acceptors (Lipinski definition) is 3. The molecule has 1 saturated heterocycles. The Bertz CT molecular complexity index is 608. The topological polar surface area (TPSA) is 55.2 Å². The summed E-state index contributed by atoms with van der Waals surface area (Å²) in [5, 5.41) is 4.37. The number of amides is 1. The fourth-order valence-corrected chi connectivity index (χ4v) is 3.84. The fourth-order valence-electron chi connectivity index (χ4n) is 3.84. The van der Waals surface area contributed by atoms with Crippen molar-refractivity contribution in [3.05, 3.63) is 28.2 Å². The molecule has 0 spiro atoms. The van der Waals surface area contributed by atoms with Crippen molar-refractivity contribution in [1.82, 2.24) is 14.7 Å². The van der Waals surface area contributed by atoms with Crippen LogP contribution in [0.5, 0.6) is 0 Å². The SMILES string of the molecule is O=C(Cn1nc(C2CC2)ccc1=O)N1C[C@H]2CCC[C@@H]2C1. The highest BCUT2D eigenvalue weighted by molar-refractivity contribution is 5.76. The average Bonchev–Trinajstić information content (AvgIpc) is 3.08. The Morgan fingerprint density at radius 1 is 1.14 bits per heavy atom. The normalized spacial score (nSPS) is 27.9. The van der Waals surface area contributed by atoms with E-state index in [9.17, 15) is 9.59 Å². The summed E-state index contributed by atoms with van der Waals surface area (Å²) in [6.07, 6.45) is 6.11. The van der Waals surface area contributed by atoms with Gasteiger partial charge in [-0.3, -0.25) is 9.59 Å². The van der Waals surface area contributed by atoms with E-state index in [0.717, 1.165) is 31.6 Å². The number of nitrogens with zero attached hydrogens (tertiary/aromatic N) is 3. The zero-order chi connectivity index (χ0) is 14.4. The second-order valence-electron chi connectivity index (χ2n) is 6.78. The summed E-state index contributed by atoms with van der Waals surface area (Å²) in [5.74, 6) is 1.93. The van der Waals surface area contributed by atoms with E-state index in [1.54, 1.807) is 12.1 Å². The molecule has 0 N–H and O–H groups in total. The zero-order valence-corrected chi connectivity index (χ0v) is 12.2. The molecule has 2 aliphatic carbocycles. The van der Waals surface area contributed by atoms with Gasteiger partial charge in [0.15, 0.2) is 0 Å². The molecule has 0 aromatic carbocycles. The first-order valence-electron chi connectivity index (χ1n) is 8.06. The summed E-state index contributed by atoms with van der Waals surface area (Å²) in [4.78, 5) is 26.2. The van der Waals surface area contributed by atoms with Crippen LogP contribution >= 0.6 is 0 Å². The van der Waals surface area contributed by atoms with Gasteiger partial charge in [-0.25, -0.2) is 4.68 Å². The first kappa shape index (κ1) is 13.0. The van der Waals surface area contributed by atoms with Crippen molar-refractivity contribution < 1.29 is 4.79 Å². The molecule has 1 amide bonds. The monoisotopic (exact) mass is 287 g/mol. The molecule has 2 heterocycles. The van der Waals surface area contributed by atoms with Crippen LogP contribution in [-0.4, -0.2) is 33.7 Å². The average molecular weight is 287 g/mol. The number of aromatic nitrogens is 2. The Morgan fingerprint density at radius 2 is 1.86 bits per heavy atom. The summed E-state index contributed by atoms with van der Waals surface area (Å²) in [7, 11) is 0. The Morgan fingerprint density at radius 3 is 2.52 bits per heavy atom. The molecule has 3 aliphatic rings. The minimum absolute atomic E-state index is 0.0481. The molecule has 2 saturated carbocycles. The number of carbonyl (C=O) groups is 1. The maximum Gasteiger partial charge on any atom is 0.267 e. The van der Waals surface area contributed by atoms with Gasteiger partial charge in [0.25, 0.3) is 5.56 Å². The molecule has 1 aliphatic heterocycles. The lowest BCUT2D eigenvalue weighted by Crippen LogP contribution is -2.36. The van der Waals surface area contributed by atoms with Crippen molar-refractivity contribution >= 4 is 5.91 Å². The molecule has 1 aromatic heterocycles. The predicted molar refractivity (Wildman–Crippen MR) is 77.9 cm³/mol. The smallest absolute Gasteiger partial charge is 0.267 e. The van der Waals surface area contributed by atoms with E-state index in [0.29, 0.717) is 17.8 Å². The number of carbonyl (C=O) groups excluding carboxylic acids is 1. The van der Waals surface area contributed by atoms with Crippen LogP contribution in [0.1, 0.15) is 43.7 Å². The van der Waals surface area contributed by atoms with E-state index in [2.05, 4.69) is 5.10 Å². The third-order valence-corrected chi connectivity index (χ3v) is 5.25. The molecule has 5 heteroatoms. The van der Waals surface area contributed by atoms with Gasteiger partial charge in [0.2, 0.25) is 5.91 Å². The standard InChI is InChI=1S/C16H21N3O2/c20-15-7-6-14(11-4-5-11)17-19(15)10-16(21)18-8-12-2-1-3-13(12)9-18/h6-7,11-13H,1-5,8-10H2/t12-,13-/m1/s1. The first-order chi connectivity index (χ1) is 10.2. The van der Waals surface area contributed by atoms with Gasteiger partial charge in [0.1, 0.15) is 6.54 Å². The van der Waals surface area contributed by atoms with Crippen molar-refractivity contribution in [2.45, 2.75) is 44.6 Å². The van der Waals surface area contributed by atoms with Gasteiger partial charge in [-0.05, 0) is 43.6 Å². The third kappa shape index (κ3) is 2.49. The summed E-state index contributed by atoms with van der Waals surface area (Å²) in [5.41, 5.74) is 0.785. The van der Waals surface area contributed by atoms with Gasteiger partial charge < -0.3 is 4.90 Å². The Hall–Kier alpha value is -1.65. The highest BCUT2D eigenvalue weighted by atomic mass is 16.2. The van der Waals surface area contributed by atoms with E-state index >= 15 is 0 Å². The first-order valence-corrected chi connectivity index (χ1v) is 8.06. The summed E-state index contributed by atoms with van der Waals surface area (Å²) in [6, 6.07) is 3.36. The van der Waals surface area contributed by atoms with Crippen molar-refractivity contribution in [2.75, 3.05) is 13.1 Å². The van der Waals surface area contributed by atoms with Crippen LogP contribution in [0, 0.1) is 11.8 Å². The summed E-state index contributed by atoms with van der Waals surface area (Å²) >= 11 is 0. The molecule has 21 heavy (non-hydrogen) atoms. The quantitative estimate of drug-likeness (QED) is 0.844. The lowest BCUT2D eigenvalue weighted by Gasteiger charge is -2.17. The van der Waals surface area contributed by atoms with E-state index in [-0.39, 0.29) is 18.0 Å². The predicted octanol–water partition coefficient (Wildman–Crippen LogP) is 1.38. The zero-order valence-electron chi connectivity index (χ0n) is 12.2. The molecular formula is C16H21N3O2. The molecule has 3 fully saturated rings. The van der Waals surface area contributed by atoms with Crippen LogP contribution in [-0.2, 0) is 11.3 Å². The maximum absolute atomic E-state index is 12.4. The Balaban J connectivity index is 1.47. The second-order valence-corrected chi connectivity index (χ2v) is 6.78. The number of fused-ring (bicyclic) bond motifs is 1. The molecule has 1 aromatic rings. The van der Waals surface area contributed by atoms with E-state index < -0.39 is 0 Å². The number of likely N-dealkylation sites (tertiary alicyclic amines) is 1. The van der Waals surface area contributed by atoms with Crippen LogP contribution in [0.3, 0.4) is 0 Å². The van der Waals surface area contributed by atoms with Crippen molar-refractivity contribution in [3.63, 3.8) is 0 Å². The Kier molecular flexibility index (Phi) is 3.08. The fraction of sp³-hybridized carbons (Fsp3) is 0.688. The van der Waals surface area contributed by atoms with E-state index in [1.165, 1.54) is 23.9 Å². The van der Waals surface area contributed by atoms with Crippen LogP contribution in [0.15, 0.2) is 16.9 Å². The highest BCUT2D eigenvalue weighted by Crippen LogP contribution is 2.39. The van der Waals surface area contributed by atoms with Crippen molar-refractivity contribution in [1.29, 1.82) is 0 Å². The van der Waals surface area contributed by atoms with Crippen LogP contribution < -0.4 is 5.56 Å². The van der Waals surface area contributed by atoms with E-state index in [4.69, 9.17) is 0 Å². The minimum Gasteiger partial charge on any atom is -0.341 e. The number of rotatable bonds is 3. The van der Waals surface area contributed by atoms with E-state index in [1.807, 2.05) is 4.90 Å². The lowest BCUT2D eigenvalue weighted by molar-refractivity contribution is -0.131. The number of hydrogen-bond donors (Lipinski definition) is 0. The summed E-state index contributed by atoms with van der Waals surface area (Å²) < 4.78 is 1.35. The van der Waals surface area contributed by atoms with Gasteiger partial charge in [-0.15, -0.1) is 0 Å². The third-order valence-electron chi connectivity index (χ3n) is 5.25. The van der Waals surface area contributed by atoms with Gasteiger partial charge in [0, 0.05) is 25.1 Å². The molecular weight excluding hydrogens is 266 g/mol. The van der Waals surface area contributed by atoms with Crippen LogP contribution in [0.4, 0.5) is 0 Å². The summed E-state index contributed by atoms with van der Waals surface area (Å²) in [6.45, 7) is 1.85. The molecule has 5 nitrogen and oxygen atoms in total. The van der Waals surface area contributed by atoms with Crippen molar-refractivity contribution in [3.8, 4) is 0 Å². The maximum atomic E-state index is 12.4.